The first-order valence-electron chi connectivity index (χ1n) is 6.48. The lowest BCUT2D eigenvalue weighted by Gasteiger charge is -2.32. The van der Waals surface area contributed by atoms with E-state index < -0.39 is 0 Å². The van der Waals surface area contributed by atoms with Crippen molar-refractivity contribution in [3.63, 3.8) is 0 Å². The molecular formula is C13H19N5O. The van der Waals surface area contributed by atoms with Crippen molar-refractivity contribution in [2.24, 2.45) is 0 Å². The fourth-order valence-corrected chi connectivity index (χ4v) is 2.21. The summed E-state index contributed by atoms with van der Waals surface area (Å²) in [6.45, 7) is 3.72. The van der Waals surface area contributed by atoms with Crippen LogP contribution in [0.1, 0.15) is 18.7 Å². The second-order valence-electron chi connectivity index (χ2n) is 4.62. The molecule has 19 heavy (non-hydrogen) atoms. The number of nitriles is 1. The third-order valence-corrected chi connectivity index (χ3v) is 3.27. The van der Waals surface area contributed by atoms with Crippen molar-refractivity contribution < 1.29 is 4.74 Å². The maximum atomic E-state index is 8.60. The van der Waals surface area contributed by atoms with E-state index in [1.54, 1.807) is 0 Å². The Hall–Kier alpha value is -1.87. The molecule has 102 valence electrons. The van der Waals surface area contributed by atoms with Crippen LogP contribution < -0.4 is 10.2 Å². The van der Waals surface area contributed by atoms with Crippen LogP contribution in [0.3, 0.4) is 0 Å². The van der Waals surface area contributed by atoms with Crippen molar-refractivity contribution in [3.05, 3.63) is 11.9 Å². The molecule has 1 aliphatic rings. The Morgan fingerprint density at radius 3 is 2.89 bits per heavy atom. The zero-order chi connectivity index (χ0) is 13.7. The van der Waals surface area contributed by atoms with Crippen molar-refractivity contribution in [2.45, 2.75) is 25.8 Å². The second kappa shape index (κ2) is 6.34. The summed E-state index contributed by atoms with van der Waals surface area (Å²) in [4.78, 5) is 10.9. The average molecular weight is 261 g/mol. The summed E-state index contributed by atoms with van der Waals surface area (Å²) in [5.74, 6) is 2.29. The van der Waals surface area contributed by atoms with E-state index in [1.807, 2.05) is 26.1 Å². The number of ether oxygens (including phenoxy) is 1. The van der Waals surface area contributed by atoms with Gasteiger partial charge in [0.05, 0.1) is 6.07 Å². The van der Waals surface area contributed by atoms with E-state index in [9.17, 15) is 0 Å². The van der Waals surface area contributed by atoms with E-state index in [-0.39, 0.29) is 6.54 Å². The zero-order valence-corrected chi connectivity index (χ0v) is 11.4. The van der Waals surface area contributed by atoms with Gasteiger partial charge in [0.25, 0.3) is 0 Å². The Labute approximate surface area is 113 Å². The van der Waals surface area contributed by atoms with Gasteiger partial charge in [0.2, 0.25) is 0 Å². The quantitative estimate of drug-likeness (QED) is 0.824. The summed E-state index contributed by atoms with van der Waals surface area (Å²) in [6.07, 6.45) is 2.03. The lowest BCUT2D eigenvalue weighted by Crippen LogP contribution is -2.37. The number of hydrogen-bond donors (Lipinski definition) is 1. The molecule has 6 nitrogen and oxygen atoms in total. The smallest absolute Gasteiger partial charge is 0.134 e. The van der Waals surface area contributed by atoms with Crippen molar-refractivity contribution in [3.8, 4) is 6.07 Å². The molecule has 2 rings (SSSR count). The first-order chi connectivity index (χ1) is 9.20. The molecule has 0 aromatic carbocycles. The van der Waals surface area contributed by atoms with Gasteiger partial charge >= 0.3 is 0 Å². The number of nitrogens with zero attached hydrogens (tertiary/aromatic N) is 4. The Morgan fingerprint density at radius 2 is 2.21 bits per heavy atom. The Balaban J connectivity index is 2.13. The Kier molecular flexibility index (Phi) is 4.53. The summed E-state index contributed by atoms with van der Waals surface area (Å²) in [5.41, 5.74) is 0. The van der Waals surface area contributed by atoms with Crippen LogP contribution in [-0.4, -0.2) is 42.8 Å². The highest BCUT2D eigenvalue weighted by molar-refractivity contribution is 5.50. The normalized spacial score (nSPS) is 15.8. The van der Waals surface area contributed by atoms with Gasteiger partial charge in [0.15, 0.2) is 0 Å². The van der Waals surface area contributed by atoms with E-state index in [0.29, 0.717) is 17.7 Å². The molecule has 0 unspecified atom stereocenters. The summed E-state index contributed by atoms with van der Waals surface area (Å²) in [7, 11) is 2.05. The minimum atomic E-state index is 0.247. The lowest BCUT2D eigenvalue weighted by molar-refractivity contribution is 0.0853. The van der Waals surface area contributed by atoms with Gasteiger partial charge in [0, 0.05) is 32.4 Å². The molecule has 1 N–H and O–H groups in total. The SMILES string of the molecule is Cc1nc(NCC#N)cc(N(C)C2CCOCC2)n1. The summed E-state index contributed by atoms with van der Waals surface area (Å²) in [5, 5.41) is 11.6. The molecule has 0 bridgehead atoms. The lowest BCUT2D eigenvalue weighted by atomic mass is 10.1. The third kappa shape index (κ3) is 3.55. The Bertz CT molecular complexity index is 465. The van der Waals surface area contributed by atoms with Crippen molar-refractivity contribution >= 4 is 11.6 Å². The standard InChI is InChI=1S/C13H19N5O/c1-10-16-12(15-6-5-14)9-13(17-10)18(2)11-3-7-19-8-4-11/h9,11H,3-4,6-8H2,1-2H3,(H,15,16,17). The first-order valence-corrected chi connectivity index (χ1v) is 6.48. The first kappa shape index (κ1) is 13.6. The van der Waals surface area contributed by atoms with Crippen LogP contribution in [0.2, 0.25) is 0 Å². The fourth-order valence-electron chi connectivity index (χ4n) is 2.21. The van der Waals surface area contributed by atoms with E-state index in [4.69, 9.17) is 10.00 Å². The Morgan fingerprint density at radius 1 is 1.47 bits per heavy atom. The molecule has 1 fully saturated rings. The minimum Gasteiger partial charge on any atom is -0.381 e. The molecule has 0 spiro atoms. The number of rotatable bonds is 4. The van der Waals surface area contributed by atoms with Crippen molar-refractivity contribution in [1.82, 2.24) is 9.97 Å². The van der Waals surface area contributed by atoms with Crippen LogP contribution in [0.5, 0.6) is 0 Å². The molecule has 0 amide bonds. The molecule has 1 aromatic heterocycles. The molecule has 1 aromatic rings. The van der Waals surface area contributed by atoms with Gasteiger partial charge in [-0.15, -0.1) is 0 Å². The number of hydrogen-bond acceptors (Lipinski definition) is 6. The van der Waals surface area contributed by atoms with Gasteiger partial charge in [-0.1, -0.05) is 0 Å². The van der Waals surface area contributed by atoms with E-state index in [2.05, 4.69) is 20.2 Å². The number of aryl methyl sites for hydroxylation is 1. The van der Waals surface area contributed by atoms with Gasteiger partial charge in [0.1, 0.15) is 24.0 Å². The largest absolute Gasteiger partial charge is 0.381 e. The molecule has 1 saturated heterocycles. The molecular weight excluding hydrogens is 242 g/mol. The summed E-state index contributed by atoms with van der Waals surface area (Å²) >= 11 is 0. The second-order valence-corrected chi connectivity index (χ2v) is 4.62. The van der Waals surface area contributed by atoms with Crippen LogP contribution in [0.25, 0.3) is 0 Å². The average Bonchev–Trinajstić information content (AvgIpc) is 2.44. The predicted octanol–water partition coefficient (Wildman–Crippen LogP) is 1.34. The van der Waals surface area contributed by atoms with Crippen LogP contribution in [0, 0.1) is 18.3 Å². The van der Waals surface area contributed by atoms with Crippen LogP contribution >= 0.6 is 0 Å². The molecule has 0 radical (unpaired) electrons. The summed E-state index contributed by atoms with van der Waals surface area (Å²) in [6, 6.07) is 4.39. The van der Waals surface area contributed by atoms with Crippen LogP contribution in [0.4, 0.5) is 11.6 Å². The molecule has 0 aliphatic carbocycles. The van der Waals surface area contributed by atoms with Gasteiger partial charge in [-0.3, -0.25) is 0 Å². The predicted molar refractivity (Wildman–Crippen MR) is 73.1 cm³/mol. The highest BCUT2D eigenvalue weighted by Gasteiger charge is 2.20. The number of nitrogens with one attached hydrogen (secondary N) is 1. The van der Waals surface area contributed by atoms with Crippen LogP contribution in [0.15, 0.2) is 6.07 Å². The van der Waals surface area contributed by atoms with Crippen LogP contribution in [-0.2, 0) is 4.74 Å². The monoisotopic (exact) mass is 261 g/mol. The maximum absolute atomic E-state index is 8.60. The van der Waals surface area contributed by atoms with Gasteiger partial charge in [-0.05, 0) is 19.8 Å². The topological polar surface area (TPSA) is 74.1 Å². The molecule has 6 heteroatoms. The fraction of sp³-hybridized carbons (Fsp3) is 0.615. The van der Waals surface area contributed by atoms with E-state index >= 15 is 0 Å². The number of anilines is 2. The van der Waals surface area contributed by atoms with Gasteiger partial charge in [-0.25, -0.2) is 9.97 Å². The van der Waals surface area contributed by atoms with Crippen molar-refractivity contribution in [2.75, 3.05) is 37.0 Å². The number of aromatic nitrogens is 2. The molecule has 1 aliphatic heterocycles. The molecule has 0 saturated carbocycles. The highest BCUT2D eigenvalue weighted by Crippen LogP contribution is 2.21. The maximum Gasteiger partial charge on any atom is 0.134 e. The van der Waals surface area contributed by atoms with Gasteiger partial charge in [-0.2, -0.15) is 5.26 Å². The van der Waals surface area contributed by atoms with Gasteiger partial charge < -0.3 is 15.0 Å². The van der Waals surface area contributed by atoms with Crippen molar-refractivity contribution in [1.29, 1.82) is 5.26 Å². The van der Waals surface area contributed by atoms with E-state index in [1.165, 1.54) is 0 Å². The van der Waals surface area contributed by atoms with E-state index in [0.717, 1.165) is 31.9 Å². The minimum absolute atomic E-state index is 0.247. The molecule has 2 heterocycles. The summed E-state index contributed by atoms with van der Waals surface area (Å²) < 4.78 is 5.38. The molecule has 0 atom stereocenters. The highest BCUT2D eigenvalue weighted by atomic mass is 16.5. The zero-order valence-electron chi connectivity index (χ0n) is 11.4. The third-order valence-electron chi connectivity index (χ3n) is 3.27.